The van der Waals surface area contributed by atoms with E-state index < -0.39 is 12.0 Å². The number of methoxy groups -OCH3 is 1. The minimum Gasteiger partial charge on any atom is -0.467 e. The molecule has 2 heterocycles. The van der Waals surface area contributed by atoms with Crippen LogP contribution in [-0.4, -0.2) is 49.3 Å². The van der Waals surface area contributed by atoms with Crippen molar-refractivity contribution in [1.82, 2.24) is 10.3 Å². The molecule has 1 aliphatic carbocycles. The van der Waals surface area contributed by atoms with Gasteiger partial charge >= 0.3 is 5.97 Å². The van der Waals surface area contributed by atoms with Crippen LogP contribution in [-0.2, 0) is 27.1 Å². The number of nitrogens with one attached hydrogen (secondary N) is 2. The van der Waals surface area contributed by atoms with Crippen LogP contribution in [0.1, 0.15) is 70.4 Å². The van der Waals surface area contributed by atoms with Gasteiger partial charge in [-0.3, -0.25) is 4.79 Å². The summed E-state index contributed by atoms with van der Waals surface area (Å²) in [7, 11) is 1.31. The fraction of sp³-hybridized carbons (Fsp3) is 0.517. The van der Waals surface area contributed by atoms with Crippen LogP contribution in [0, 0.1) is 31.1 Å². The Kier molecular flexibility index (Phi) is 8.78. The van der Waals surface area contributed by atoms with Gasteiger partial charge in [0.25, 0.3) is 5.91 Å². The Morgan fingerprint density at radius 1 is 1.24 bits per heavy atom. The SMILES string of the molecule is COC(=O)C(CCO[C@H]1C[C@@H](CCc2ccc3c(n2)NCCC3)C1)NC(=O)c1c(C)cc(C#N)cc1C. The maximum atomic E-state index is 12.9. The van der Waals surface area contributed by atoms with E-state index in [1.807, 2.05) is 0 Å². The monoisotopic (exact) mass is 504 g/mol. The Bertz CT molecular complexity index is 1160. The van der Waals surface area contributed by atoms with Crippen LogP contribution in [0.15, 0.2) is 24.3 Å². The molecule has 37 heavy (non-hydrogen) atoms. The average Bonchev–Trinajstić information content (AvgIpc) is 2.87. The topological polar surface area (TPSA) is 113 Å². The quantitative estimate of drug-likeness (QED) is 0.470. The fourth-order valence-corrected chi connectivity index (χ4v) is 5.27. The molecule has 1 amide bonds. The molecule has 0 bridgehead atoms. The van der Waals surface area contributed by atoms with Crippen LogP contribution < -0.4 is 10.6 Å². The summed E-state index contributed by atoms with van der Waals surface area (Å²) in [6.07, 6.45) is 6.85. The van der Waals surface area contributed by atoms with Crippen LogP contribution in [0.4, 0.5) is 5.82 Å². The fourth-order valence-electron chi connectivity index (χ4n) is 5.27. The van der Waals surface area contributed by atoms with Crippen LogP contribution in [0.3, 0.4) is 0 Å². The summed E-state index contributed by atoms with van der Waals surface area (Å²) in [6, 6.07) is 8.99. The summed E-state index contributed by atoms with van der Waals surface area (Å²) >= 11 is 0. The van der Waals surface area contributed by atoms with E-state index in [9.17, 15) is 9.59 Å². The first-order valence-corrected chi connectivity index (χ1v) is 13.1. The van der Waals surface area contributed by atoms with Crippen molar-refractivity contribution in [3.05, 3.63) is 57.8 Å². The van der Waals surface area contributed by atoms with E-state index in [4.69, 9.17) is 19.7 Å². The lowest BCUT2D eigenvalue weighted by Crippen LogP contribution is -2.43. The highest BCUT2D eigenvalue weighted by molar-refractivity contribution is 5.99. The summed E-state index contributed by atoms with van der Waals surface area (Å²) in [5, 5.41) is 15.3. The predicted molar refractivity (Wildman–Crippen MR) is 140 cm³/mol. The molecule has 8 heteroatoms. The third-order valence-corrected chi connectivity index (χ3v) is 7.39. The molecule has 0 spiro atoms. The number of pyridine rings is 1. The number of nitriles is 1. The molecule has 2 aliphatic rings. The van der Waals surface area contributed by atoms with Gasteiger partial charge in [0.2, 0.25) is 0 Å². The van der Waals surface area contributed by atoms with Crippen LogP contribution >= 0.6 is 0 Å². The van der Waals surface area contributed by atoms with Gasteiger partial charge in [0.05, 0.1) is 24.8 Å². The van der Waals surface area contributed by atoms with Crippen molar-refractivity contribution < 1.29 is 19.1 Å². The van der Waals surface area contributed by atoms with E-state index in [0.29, 0.717) is 41.2 Å². The van der Waals surface area contributed by atoms with Crippen molar-refractivity contribution in [2.75, 3.05) is 25.6 Å². The number of carbonyl (C=O) groups excluding carboxylic acids is 2. The zero-order valence-corrected chi connectivity index (χ0v) is 21.9. The van der Waals surface area contributed by atoms with Crippen LogP contribution in [0.25, 0.3) is 0 Å². The Balaban J connectivity index is 1.21. The lowest BCUT2D eigenvalue weighted by molar-refractivity contribution is -0.143. The molecule has 1 atom stereocenters. The molecular formula is C29H36N4O4. The Morgan fingerprint density at radius 3 is 2.70 bits per heavy atom. The predicted octanol–water partition coefficient (Wildman–Crippen LogP) is 4.02. The van der Waals surface area contributed by atoms with Crippen molar-refractivity contribution in [2.24, 2.45) is 5.92 Å². The molecule has 1 saturated carbocycles. The molecule has 4 rings (SSSR count). The van der Waals surface area contributed by atoms with Crippen LogP contribution in [0.2, 0.25) is 0 Å². The first kappa shape index (κ1) is 26.6. The number of aryl methyl sites for hydroxylation is 4. The molecule has 2 N–H and O–H groups in total. The van der Waals surface area contributed by atoms with Crippen molar-refractivity contribution in [3.8, 4) is 6.07 Å². The minimum absolute atomic E-state index is 0.181. The van der Waals surface area contributed by atoms with E-state index in [1.165, 1.54) is 19.1 Å². The van der Waals surface area contributed by atoms with Gasteiger partial charge in [0.15, 0.2) is 0 Å². The number of anilines is 1. The van der Waals surface area contributed by atoms with Gasteiger partial charge in [-0.2, -0.15) is 5.26 Å². The van der Waals surface area contributed by atoms with Gasteiger partial charge < -0.3 is 20.1 Å². The number of amides is 1. The number of aromatic nitrogens is 1. The highest BCUT2D eigenvalue weighted by Gasteiger charge is 2.31. The van der Waals surface area contributed by atoms with Crippen molar-refractivity contribution in [2.45, 2.75) is 70.9 Å². The summed E-state index contributed by atoms with van der Waals surface area (Å²) in [6.45, 7) is 4.93. The molecule has 1 aromatic carbocycles. The van der Waals surface area contributed by atoms with E-state index in [-0.39, 0.29) is 12.0 Å². The summed E-state index contributed by atoms with van der Waals surface area (Å²) in [5.74, 6) is 0.813. The number of carbonyl (C=O) groups is 2. The van der Waals surface area contributed by atoms with Crippen molar-refractivity contribution >= 4 is 17.7 Å². The van der Waals surface area contributed by atoms with E-state index in [1.54, 1.807) is 26.0 Å². The number of fused-ring (bicyclic) bond motifs is 1. The van der Waals surface area contributed by atoms with Gasteiger partial charge in [-0.1, -0.05) is 6.07 Å². The number of hydrogen-bond acceptors (Lipinski definition) is 7. The summed E-state index contributed by atoms with van der Waals surface area (Å²) in [5.41, 5.74) is 4.81. The van der Waals surface area contributed by atoms with Gasteiger partial charge in [-0.05, 0) is 93.2 Å². The third-order valence-electron chi connectivity index (χ3n) is 7.39. The second kappa shape index (κ2) is 12.2. The molecule has 1 aliphatic heterocycles. The number of hydrogen-bond donors (Lipinski definition) is 2. The number of esters is 1. The lowest BCUT2D eigenvalue weighted by atomic mass is 9.79. The van der Waals surface area contributed by atoms with Gasteiger partial charge in [-0.15, -0.1) is 0 Å². The Labute approximate surface area is 218 Å². The lowest BCUT2D eigenvalue weighted by Gasteiger charge is -2.35. The highest BCUT2D eigenvalue weighted by atomic mass is 16.5. The first-order valence-electron chi connectivity index (χ1n) is 13.1. The maximum absolute atomic E-state index is 12.9. The molecule has 1 unspecified atom stereocenters. The maximum Gasteiger partial charge on any atom is 0.328 e. The standard InChI is InChI=1S/C29H36N4O4/c1-18-13-21(17-30)14-19(2)26(18)28(34)33-25(29(35)36-3)10-12-37-24-15-20(16-24)6-8-23-9-7-22-5-4-11-31-27(22)32-23/h7,9,13-14,20,24-25H,4-6,8,10-12,15-16H2,1-3H3,(H,31,32)(H,33,34)/t20-,24+,25?. The Morgan fingerprint density at radius 2 is 2.00 bits per heavy atom. The molecule has 0 radical (unpaired) electrons. The highest BCUT2D eigenvalue weighted by Crippen LogP contribution is 2.34. The third kappa shape index (κ3) is 6.66. The first-order chi connectivity index (χ1) is 17.9. The normalized spacial score (nSPS) is 19.0. The van der Waals surface area contributed by atoms with Gasteiger partial charge in [0.1, 0.15) is 11.9 Å². The van der Waals surface area contributed by atoms with Gasteiger partial charge in [-0.25, -0.2) is 9.78 Å². The molecule has 196 valence electrons. The number of ether oxygens (including phenoxy) is 2. The second-order valence-electron chi connectivity index (χ2n) is 10.1. The smallest absolute Gasteiger partial charge is 0.328 e. The van der Waals surface area contributed by atoms with Crippen molar-refractivity contribution in [1.29, 1.82) is 5.26 Å². The summed E-state index contributed by atoms with van der Waals surface area (Å²) in [4.78, 5) is 30.1. The number of rotatable bonds is 10. The van der Waals surface area contributed by atoms with Crippen LogP contribution in [0.5, 0.6) is 0 Å². The molecule has 1 aromatic heterocycles. The number of nitrogens with zero attached hydrogens (tertiary/aromatic N) is 2. The molecule has 0 saturated heterocycles. The summed E-state index contributed by atoms with van der Waals surface area (Å²) < 4.78 is 10.9. The average molecular weight is 505 g/mol. The minimum atomic E-state index is -0.800. The Hall–Kier alpha value is -3.44. The van der Waals surface area contributed by atoms with E-state index in [2.05, 4.69) is 28.8 Å². The molecule has 2 aromatic rings. The molecule has 1 fully saturated rings. The molecule has 8 nitrogen and oxygen atoms in total. The largest absolute Gasteiger partial charge is 0.467 e. The zero-order chi connectivity index (χ0) is 26.4. The zero-order valence-electron chi connectivity index (χ0n) is 21.9. The van der Waals surface area contributed by atoms with E-state index >= 15 is 0 Å². The number of benzene rings is 1. The van der Waals surface area contributed by atoms with Gasteiger partial charge in [0, 0.05) is 30.8 Å². The van der Waals surface area contributed by atoms with E-state index in [0.717, 1.165) is 50.2 Å². The molecular weight excluding hydrogens is 468 g/mol. The van der Waals surface area contributed by atoms with Crippen molar-refractivity contribution in [3.63, 3.8) is 0 Å². The second-order valence-corrected chi connectivity index (χ2v) is 10.1.